The Balaban J connectivity index is 1.88. The summed E-state index contributed by atoms with van der Waals surface area (Å²) >= 11 is 5.88. The fourth-order valence-corrected chi connectivity index (χ4v) is 3.25. The van der Waals surface area contributed by atoms with Gasteiger partial charge in [-0.1, -0.05) is 41.4 Å². The van der Waals surface area contributed by atoms with Crippen LogP contribution < -0.4 is 9.46 Å². The van der Waals surface area contributed by atoms with Crippen molar-refractivity contribution in [3.8, 4) is 5.75 Å². The Bertz CT molecular complexity index is 699. The van der Waals surface area contributed by atoms with E-state index in [0.717, 1.165) is 5.56 Å². The molecule has 0 saturated heterocycles. The van der Waals surface area contributed by atoms with Crippen LogP contribution in [0.15, 0.2) is 53.4 Å². The Morgan fingerprint density at radius 1 is 1.10 bits per heavy atom. The second-order valence-corrected chi connectivity index (χ2v) is 6.63. The van der Waals surface area contributed by atoms with Crippen LogP contribution in [0.2, 0.25) is 5.02 Å². The van der Waals surface area contributed by atoms with E-state index in [4.69, 9.17) is 16.3 Å². The summed E-state index contributed by atoms with van der Waals surface area (Å²) in [4.78, 5) is 0.0713. The summed E-state index contributed by atoms with van der Waals surface area (Å²) in [6, 6.07) is 13.9. The molecule has 0 aliphatic heterocycles. The number of hydrogen-bond acceptors (Lipinski definition) is 3. The predicted molar refractivity (Wildman–Crippen MR) is 83.3 cm³/mol. The number of aryl methyl sites for hydroxylation is 1. The molecule has 2 aromatic rings. The standard InChI is InChI=1S/C15H16ClNO3S/c1-12-6-8-13(9-7-12)20-11-10-17-21(18,19)15-5-3-2-4-14(15)16/h2-9,17H,10-11H2,1H3. The number of rotatable bonds is 6. The predicted octanol–water partition coefficient (Wildman–Crippen LogP) is 3.01. The second kappa shape index (κ2) is 6.93. The molecule has 0 heterocycles. The molecule has 0 aliphatic carbocycles. The molecule has 0 atom stereocenters. The Morgan fingerprint density at radius 3 is 2.43 bits per heavy atom. The number of ether oxygens (including phenoxy) is 1. The van der Waals surface area contributed by atoms with E-state index in [-0.39, 0.29) is 23.1 Å². The number of benzene rings is 2. The Labute approximate surface area is 129 Å². The maximum absolute atomic E-state index is 12.1. The number of nitrogens with one attached hydrogen (secondary N) is 1. The first kappa shape index (κ1) is 15.8. The summed E-state index contributed by atoms with van der Waals surface area (Å²) < 4.78 is 32.0. The molecule has 0 saturated carbocycles. The van der Waals surface area contributed by atoms with Gasteiger partial charge < -0.3 is 4.74 Å². The third-order valence-electron chi connectivity index (χ3n) is 2.81. The molecule has 112 valence electrons. The molecule has 2 aromatic carbocycles. The van der Waals surface area contributed by atoms with Crippen molar-refractivity contribution in [2.45, 2.75) is 11.8 Å². The van der Waals surface area contributed by atoms with Crippen LogP contribution in [-0.2, 0) is 10.0 Å². The monoisotopic (exact) mass is 325 g/mol. The van der Waals surface area contributed by atoms with Crippen molar-refractivity contribution < 1.29 is 13.2 Å². The van der Waals surface area contributed by atoms with Gasteiger partial charge in [0.25, 0.3) is 0 Å². The summed E-state index contributed by atoms with van der Waals surface area (Å²) in [5.41, 5.74) is 1.14. The van der Waals surface area contributed by atoms with Gasteiger partial charge in [0.1, 0.15) is 17.3 Å². The highest BCUT2D eigenvalue weighted by Gasteiger charge is 2.16. The normalized spacial score (nSPS) is 11.3. The van der Waals surface area contributed by atoms with E-state index in [2.05, 4.69) is 4.72 Å². The van der Waals surface area contributed by atoms with Gasteiger partial charge in [0.15, 0.2) is 0 Å². The molecular formula is C15H16ClNO3S. The van der Waals surface area contributed by atoms with E-state index in [9.17, 15) is 8.42 Å². The van der Waals surface area contributed by atoms with E-state index in [0.29, 0.717) is 5.75 Å². The lowest BCUT2D eigenvalue weighted by atomic mass is 10.2. The van der Waals surface area contributed by atoms with Crippen LogP contribution in [0.1, 0.15) is 5.56 Å². The first-order chi connectivity index (χ1) is 9.99. The maximum Gasteiger partial charge on any atom is 0.242 e. The minimum atomic E-state index is -3.61. The van der Waals surface area contributed by atoms with E-state index < -0.39 is 10.0 Å². The number of halogens is 1. The number of sulfonamides is 1. The molecule has 0 amide bonds. The van der Waals surface area contributed by atoms with Gasteiger partial charge in [-0.15, -0.1) is 0 Å². The highest BCUT2D eigenvalue weighted by atomic mass is 35.5. The zero-order valence-corrected chi connectivity index (χ0v) is 13.1. The topological polar surface area (TPSA) is 55.4 Å². The molecule has 1 N–H and O–H groups in total. The molecule has 4 nitrogen and oxygen atoms in total. The van der Waals surface area contributed by atoms with Crippen molar-refractivity contribution in [3.63, 3.8) is 0 Å². The summed E-state index contributed by atoms with van der Waals surface area (Å²) in [6.07, 6.45) is 0. The molecule has 0 bridgehead atoms. The van der Waals surface area contributed by atoms with Crippen LogP contribution in [0.25, 0.3) is 0 Å². The average molecular weight is 326 g/mol. The highest BCUT2D eigenvalue weighted by molar-refractivity contribution is 7.89. The molecule has 0 radical (unpaired) electrons. The first-order valence-electron chi connectivity index (χ1n) is 6.43. The zero-order chi connectivity index (χ0) is 15.3. The van der Waals surface area contributed by atoms with Gasteiger partial charge >= 0.3 is 0 Å². The van der Waals surface area contributed by atoms with Crippen LogP contribution in [0.5, 0.6) is 5.75 Å². The van der Waals surface area contributed by atoms with E-state index in [1.807, 2.05) is 31.2 Å². The summed E-state index contributed by atoms with van der Waals surface area (Å²) in [7, 11) is -3.61. The molecule has 0 aliphatic rings. The molecule has 0 aromatic heterocycles. The van der Waals surface area contributed by atoms with Gasteiger partial charge in [0, 0.05) is 6.54 Å². The van der Waals surface area contributed by atoms with Gasteiger partial charge in [-0.05, 0) is 31.2 Å². The van der Waals surface area contributed by atoms with Crippen LogP contribution in [-0.4, -0.2) is 21.6 Å². The summed E-state index contributed by atoms with van der Waals surface area (Å²) in [5, 5.41) is 0.199. The first-order valence-corrected chi connectivity index (χ1v) is 8.29. The molecule has 21 heavy (non-hydrogen) atoms. The maximum atomic E-state index is 12.1. The fraction of sp³-hybridized carbons (Fsp3) is 0.200. The SMILES string of the molecule is Cc1ccc(OCCNS(=O)(=O)c2ccccc2Cl)cc1. The molecule has 2 rings (SSSR count). The van der Waals surface area contributed by atoms with Crippen LogP contribution in [0.3, 0.4) is 0 Å². The quantitative estimate of drug-likeness (QED) is 0.831. The second-order valence-electron chi connectivity index (χ2n) is 4.49. The Hall–Kier alpha value is -1.56. The molecular weight excluding hydrogens is 310 g/mol. The van der Waals surface area contributed by atoms with Crippen molar-refractivity contribution in [2.75, 3.05) is 13.2 Å². The Kier molecular flexibility index (Phi) is 5.22. The highest BCUT2D eigenvalue weighted by Crippen LogP contribution is 2.19. The minimum Gasteiger partial charge on any atom is -0.492 e. The van der Waals surface area contributed by atoms with Gasteiger partial charge in [0.05, 0.1) is 5.02 Å². The summed E-state index contributed by atoms with van der Waals surface area (Å²) in [6.45, 7) is 2.40. The molecule has 0 spiro atoms. The lowest BCUT2D eigenvalue weighted by Gasteiger charge is -2.09. The van der Waals surface area contributed by atoms with Gasteiger partial charge in [-0.3, -0.25) is 0 Å². The van der Waals surface area contributed by atoms with Crippen LogP contribution in [0, 0.1) is 6.92 Å². The molecule has 0 fully saturated rings. The van der Waals surface area contributed by atoms with E-state index >= 15 is 0 Å². The van der Waals surface area contributed by atoms with Gasteiger partial charge in [-0.25, -0.2) is 13.1 Å². The fourth-order valence-electron chi connectivity index (χ4n) is 1.72. The number of hydrogen-bond donors (Lipinski definition) is 1. The van der Waals surface area contributed by atoms with Crippen LogP contribution in [0.4, 0.5) is 0 Å². The van der Waals surface area contributed by atoms with Crippen molar-refractivity contribution in [1.82, 2.24) is 4.72 Å². The van der Waals surface area contributed by atoms with E-state index in [1.165, 1.54) is 6.07 Å². The smallest absolute Gasteiger partial charge is 0.242 e. The van der Waals surface area contributed by atoms with Gasteiger partial charge in [-0.2, -0.15) is 0 Å². The largest absolute Gasteiger partial charge is 0.492 e. The van der Waals surface area contributed by atoms with Crippen molar-refractivity contribution >= 4 is 21.6 Å². The lowest BCUT2D eigenvalue weighted by Crippen LogP contribution is -2.28. The lowest BCUT2D eigenvalue weighted by molar-refractivity contribution is 0.323. The third kappa shape index (κ3) is 4.46. The van der Waals surface area contributed by atoms with Crippen LogP contribution >= 0.6 is 11.6 Å². The average Bonchev–Trinajstić information content (AvgIpc) is 2.46. The third-order valence-corrected chi connectivity index (χ3v) is 4.77. The molecule has 0 unspecified atom stereocenters. The van der Waals surface area contributed by atoms with Crippen molar-refractivity contribution in [2.24, 2.45) is 0 Å². The van der Waals surface area contributed by atoms with Crippen molar-refractivity contribution in [1.29, 1.82) is 0 Å². The zero-order valence-electron chi connectivity index (χ0n) is 11.5. The molecule has 6 heteroatoms. The van der Waals surface area contributed by atoms with Crippen molar-refractivity contribution in [3.05, 3.63) is 59.1 Å². The Morgan fingerprint density at radius 2 is 1.76 bits per heavy atom. The minimum absolute atomic E-state index is 0.0713. The van der Waals surface area contributed by atoms with Gasteiger partial charge in [0.2, 0.25) is 10.0 Å². The summed E-state index contributed by atoms with van der Waals surface area (Å²) in [5.74, 6) is 0.706. The van der Waals surface area contributed by atoms with E-state index in [1.54, 1.807) is 18.2 Å².